The van der Waals surface area contributed by atoms with Crippen molar-refractivity contribution in [2.45, 2.75) is 33.6 Å². The normalized spacial score (nSPS) is 12.7. The molecular formula is C14H23N. The fourth-order valence-electron chi connectivity index (χ4n) is 1.72. The molecule has 0 spiro atoms. The second kappa shape index (κ2) is 6.62. The summed E-state index contributed by atoms with van der Waals surface area (Å²) in [6.45, 7) is 8.91. The standard InChI is InChI=1S/C14H23N/c1-4-9-15-11-13(3)10-14-7-5-12(2)6-8-14/h5-8,13,15H,4,9-11H2,1-3H3. The highest BCUT2D eigenvalue weighted by Crippen LogP contribution is 2.09. The lowest BCUT2D eigenvalue weighted by Gasteiger charge is -2.12. The summed E-state index contributed by atoms with van der Waals surface area (Å²) in [5, 5.41) is 3.47. The van der Waals surface area contributed by atoms with Gasteiger partial charge in [-0.05, 0) is 44.3 Å². The molecule has 1 atom stereocenters. The molecular weight excluding hydrogens is 182 g/mol. The van der Waals surface area contributed by atoms with Crippen molar-refractivity contribution in [2.24, 2.45) is 5.92 Å². The Labute approximate surface area is 93.9 Å². The first-order chi connectivity index (χ1) is 7.22. The van der Waals surface area contributed by atoms with Crippen molar-refractivity contribution in [3.05, 3.63) is 35.4 Å². The van der Waals surface area contributed by atoms with Gasteiger partial charge in [-0.2, -0.15) is 0 Å². The second-order valence-corrected chi connectivity index (χ2v) is 4.50. The van der Waals surface area contributed by atoms with E-state index in [-0.39, 0.29) is 0 Å². The number of hydrogen-bond donors (Lipinski definition) is 1. The first-order valence-corrected chi connectivity index (χ1v) is 5.98. The lowest BCUT2D eigenvalue weighted by molar-refractivity contribution is 0.510. The minimum absolute atomic E-state index is 0.722. The number of benzene rings is 1. The third-order valence-electron chi connectivity index (χ3n) is 2.62. The van der Waals surface area contributed by atoms with Crippen LogP contribution in [0.5, 0.6) is 0 Å². The number of aryl methyl sites for hydroxylation is 1. The van der Waals surface area contributed by atoms with Crippen LogP contribution in [0.4, 0.5) is 0 Å². The maximum Gasteiger partial charge on any atom is -0.00200 e. The molecule has 1 nitrogen and oxygen atoms in total. The molecule has 0 amide bonds. The van der Waals surface area contributed by atoms with E-state index in [0.717, 1.165) is 19.0 Å². The summed E-state index contributed by atoms with van der Waals surface area (Å²) in [5.74, 6) is 0.722. The van der Waals surface area contributed by atoms with Crippen molar-refractivity contribution in [3.63, 3.8) is 0 Å². The maximum atomic E-state index is 3.47. The summed E-state index contributed by atoms with van der Waals surface area (Å²) in [4.78, 5) is 0. The largest absolute Gasteiger partial charge is 0.316 e. The lowest BCUT2D eigenvalue weighted by Crippen LogP contribution is -2.23. The Bertz CT molecular complexity index is 263. The van der Waals surface area contributed by atoms with Gasteiger partial charge >= 0.3 is 0 Å². The molecule has 84 valence electrons. The van der Waals surface area contributed by atoms with Crippen molar-refractivity contribution in [2.75, 3.05) is 13.1 Å². The molecule has 0 saturated carbocycles. The van der Waals surface area contributed by atoms with Crippen molar-refractivity contribution in [1.82, 2.24) is 5.32 Å². The smallest absolute Gasteiger partial charge is 0.00200 e. The first kappa shape index (κ1) is 12.3. The highest BCUT2D eigenvalue weighted by molar-refractivity contribution is 5.21. The average Bonchev–Trinajstić information content (AvgIpc) is 2.22. The van der Waals surface area contributed by atoms with Gasteiger partial charge in [0.15, 0.2) is 0 Å². The lowest BCUT2D eigenvalue weighted by atomic mass is 10.0. The minimum atomic E-state index is 0.722. The summed E-state index contributed by atoms with van der Waals surface area (Å²) in [6, 6.07) is 8.88. The first-order valence-electron chi connectivity index (χ1n) is 5.98. The van der Waals surface area contributed by atoms with Gasteiger partial charge in [0, 0.05) is 0 Å². The zero-order valence-electron chi connectivity index (χ0n) is 10.2. The molecule has 0 aliphatic heterocycles. The molecule has 0 saturated heterocycles. The van der Waals surface area contributed by atoms with Crippen molar-refractivity contribution in [3.8, 4) is 0 Å². The summed E-state index contributed by atoms with van der Waals surface area (Å²) in [6.07, 6.45) is 2.40. The van der Waals surface area contributed by atoms with Crippen LogP contribution in [0.2, 0.25) is 0 Å². The van der Waals surface area contributed by atoms with Gasteiger partial charge in [-0.1, -0.05) is 43.7 Å². The third-order valence-corrected chi connectivity index (χ3v) is 2.62. The molecule has 1 unspecified atom stereocenters. The Morgan fingerprint density at radius 1 is 1.20 bits per heavy atom. The molecule has 15 heavy (non-hydrogen) atoms. The molecule has 1 heteroatoms. The van der Waals surface area contributed by atoms with E-state index in [9.17, 15) is 0 Å². The van der Waals surface area contributed by atoms with Gasteiger partial charge in [0.1, 0.15) is 0 Å². The van der Waals surface area contributed by atoms with Crippen molar-refractivity contribution in [1.29, 1.82) is 0 Å². The minimum Gasteiger partial charge on any atom is -0.316 e. The van der Waals surface area contributed by atoms with E-state index in [1.165, 1.54) is 24.0 Å². The van der Waals surface area contributed by atoms with E-state index in [1.54, 1.807) is 0 Å². The fourth-order valence-corrected chi connectivity index (χ4v) is 1.72. The van der Waals surface area contributed by atoms with Gasteiger partial charge < -0.3 is 5.32 Å². The summed E-state index contributed by atoms with van der Waals surface area (Å²) in [5.41, 5.74) is 2.79. The summed E-state index contributed by atoms with van der Waals surface area (Å²) in [7, 11) is 0. The molecule has 0 aromatic heterocycles. The van der Waals surface area contributed by atoms with Crippen LogP contribution in [0.1, 0.15) is 31.4 Å². The van der Waals surface area contributed by atoms with Crippen LogP contribution in [-0.4, -0.2) is 13.1 Å². The molecule has 1 N–H and O–H groups in total. The molecule has 1 aromatic rings. The van der Waals surface area contributed by atoms with Crippen LogP contribution in [0.25, 0.3) is 0 Å². The average molecular weight is 205 g/mol. The van der Waals surface area contributed by atoms with Gasteiger partial charge in [0.05, 0.1) is 0 Å². The molecule has 0 fully saturated rings. The van der Waals surface area contributed by atoms with E-state index in [0.29, 0.717) is 0 Å². The van der Waals surface area contributed by atoms with E-state index in [1.807, 2.05) is 0 Å². The highest BCUT2D eigenvalue weighted by Gasteiger charge is 2.02. The number of rotatable bonds is 6. The highest BCUT2D eigenvalue weighted by atomic mass is 14.8. The van der Waals surface area contributed by atoms with Gasteiger partial charge in [0.2, 0.25) is 0 Å². The zero-order valence-corrected chi connectivity index (χ0v) is 10.2. The summed E-state index contributed by atoms with van der Waals surface area (Å²) < 4.78 is 0. The molecule has 0 aliphatic rings. The summed E-state index contributed by atoms with van der Waals surface area (Å²) >= 11 is 0. The van der Waals surface area contributed by atoms with Crippen LogP contribution in [0.3, 0.4) is 0 Å². The fraction of sp³-hybridized carbons (Fsp3) is 0.571. The Balaban J connectivity index is 2.31. The van der Waals surface area contributed by atoms with Crippen LogP contribution < -0.4 is 5.32 Å². The topological polar surface area (TPSA) is 12.0 Å². The number of hydrogen-bond acceptors (Lipinski definition) is 1. The molecule has 1 rings (SSSR count). The van der Waals surface area contributed by atoms with E-state index in [4.69, 9.17) is 0 Å². The van der Waals surface area contributed by atoms with Crippen LogP contribution in [0.15, 0.2) is 24.3 Å². The maximum absolute atomic E-state index is 3.47. The quantitative estimate of drug-likeness (QED) is 0.703. The Morgan fingerprint density at radius 3 is 2.47 bits per heavy atom. The Hall–Kier alpha value is -0.820. The molecule has 0 radical (unpaired) electrons. The zero-order chi connectivity index (χ0) is 11.1. The monoisotopic (exact) mass is 205 g/mol. The van der Waals surface area contributed by atoms with E-state index < -0.39 is 0 Å². The SMILES string of the molecule is CCCNCC(C)Cc1ccc(C)cc1. The number of nitrogens with one attached hydrogen (secondary N) is 1. The molecule has 1 aromatic carbocycles. The van der Waals surface area contributed by atoms with Gasteiger partial charge in [-0.3, -0.25) is 0 Å². The van der Waals surface area contributed by atoms with Gasteiger partial charge in [-0.15, -0.1) is 0 Å². The molecule has 0 aliphatic carbocycles. The van der Waals surface area contributed by atoms with Crippen LogP contribution in [-0.2, 0) is 6.42 Å². The van der Waals surface area contributed by atoms with Gasteiger partial charge in [-0.25, -0.2) is 0 Å². The van der Waals surface area contributed by atoms with E-state index in [2.05, 4.69) is 50.4 Å². The molecule has 0 bridgehead atoms. The van der Waals surface area contributed by atoms with Crippen molar-refractivity contribution >= 4 is 0 Å². The van der Waals surface area contributed by atoms with Gasteiger partial charge in [0.25, 0.3) is 0 Å². The third kappa shape index (κ3) is 4.98. The second-order valence-electron chi connectivity index (χ2n) is 4.50. The van der Waals surface area contributed by atoms with Crippen LogP contribution in [0, 0.1) is 12.8 Å². The van der Waals surface area contributed by atoms with Crippen LogP contribution >= 0.6 is 0 Å². The van der Waals surface area contributed by atoms with Crippen molar-refractivity contribution < 1.29 is 0 Å². The predicted molar refractivity (Wildman–Crippen MR) is 67.2 cm³/mol. The Morgan fingerprint density at radius 2 is 1.87 bits per heavy atom. The Kier molecular flexibility index (Phi) is 5.41. The molecule has 0 heterocycles. The predicted octanol–water partition coefficient (Wildman–Crippen LogP) is 3.17. The van der Waals surface area contributed by atoms with E-state index >= 15 is 0 Å².